The number of H-pyrrole nitrogens is 2. The molecule has 0 saturated carbocycles. The van der Waals surface area contributed by atoms with Gasteiger partial charge in [-0.1, -0.05) is 12.1 Å². The number of hydrogen-bond donors (Lipinski definition) is 4. The minimum atomic E-state index is -0.322. The number of amides is 1. The third-order valence-electron chi connectivity index (χ3n) is 5.85. The zero-order valence-corrected chi connectivity index (χ0v) is 17.1. The van der Waals surface area contributed by atoms with Crippen molar-refractivity contribution in [3.8, 4) is 11.4 Å². The Labute approximate surface area is 178 Å². The molecule has 0 atom stereocenters. The smallest absolute Gasteiger partial charge is 0.276 e. The molecule has 2 aromatic carbocycles. The average molecular weight is 416 g/mol. The molecule has 1 fully saturated rings. The molecule has 5 N–H and O–H groups in total. The number of nitrogen functional groups attached to an aromatic ring is 1. The molecular weight excluding hydrogens is 392 g/mol. The Morgan fingerprint density at radius 3 is 2.74 bits per heavy atom. The van der Waals surface area contributed by atoms with Gasteiger partial charge in [0.25, 0.3) is 11.5 Å². The van der Waals surface area contributed by atoms with E-state index in [1.54, 1.807) is 24.3 Å². The summed E-state index contributed by atoms with van der Waals surface area (Å²) < 4.78 is 0. The zero-order valence-electron chi connectivity index (χ0n) is 17.1. The average Bonchev–Trinajstić information content (AvgIpc) is 3.41. The SMILES string of the molecule is Nc1c(-c2nc3ccccc3[nH]c2=O)[nH]c2ccc(C(=O)NCCN3CCCC3)cc12. The van der Waals surface area contributed by atoms with Crippen molar-refractivity contribution in [1.29, 1.82) is 0 Å². The Morgan fingerprint density at radius 1 is 1.10 bits per heavy atom. The summed E-state index contributed by atoms with van der Waals surface area (Å²) in [5.41, 5.74) is 9.75. The van der Waals surface area contributed by atoms with Gasteiger partial charge in [-0.25, -0.2) is 4.98 Å². The van der Waals surface area contributed by atoms with E-state index in [0.29, 0.717) is 39.9 Å². The summed E-state index contributed by atoms with van der Waals surface area (Å²) in [5.74, 6) is -0.134. The highest BCUT2D eigenvalue weighted by molar-refractivity contribution is 6.04. The Morgan fingerprint density at radius 2 is 1.90 bits per heavy atom. The zero-order chi connectivity index (χ0) is 21.4. The van der Waals surface area contributed by atoms with E-state index in [-0.39, 0.29) is 17.2 Å². The lowest BCUT2D eigenvalue weighted by Gasteiger charge is -2.14. The molecule has 1 amide bonds. The molecule has 0 unspecified atom stereocenters. The molecular formula is C23H24N6O2. The lowest BCUT2D eigenvalue weighted by atomic mass is 10.1. The fourth-order valence-corrected chi connectivity index (χ4v) is 4.18. The summed E-state index contributed by atoms with van der Waals surface area (Å²) in [5, 5.41) is 3.67. The van der Waals surface area contributed by atoms with Crippen molar-refractivity contribution in [2.24, 2.45) is 0 Å². The van der Waals surface area contributed by atoms with E-state index in [4.69, 9.17) is 5.73 Å². The monoisotopic (exact) mass is 416 g/mol. The number of nitrogens with two attached hydrogens (primary N) is 1. The van der Waals surface area contributed by atoms with Crippen LogP contribution in [0.1, 0.15) is 23.2 Å². The number of para-hydroxylation sites is 2. The number of nitrogens with one attached hydrogen (secondary N) is 3. The largest absolute Gasteiger partial charge is 0.396 e. The molecule has 0 bridgehead atoms. The summed E-state index contributed by atoms with van der Waals surface area (Å²) >= 11 is 0. The number of nitrogens with zero attached hydrogens (tertiary/aromatic N) is 2. The number of hydrogen-bond acceptors (Lipinski definition) is 5. The van der Waals surface area contributed by atoms with Gasteiger partial charge in [-0.2, -0.15) is 0 Å². The maximum atomic E-state index is 12.6. The number of benzene rings is 2. The molecule has 3 heterocycles. The van der Waals surface area contributed by atoms with Crippen molar-refractivity contribution in [2.75, 3.05) is 31.9 Å². The number of fused-ring (bicyclic) bond motifs is 2. The Hall–Kier alpha value is -3.65. The van der Waals surface area contributed by atoms with Crippen LogP contribution in [0.4, 0.5) is 5.69 Å². The van der Waals surface area contributed by atoms with Gasteiger partial charge in [0.15, 0.2) is 5.69 Å². The first-order chi connectivity index (χ1) is 15.1. The van der Waals surface area contributed by atoms with Crippen LogP contribution in [0.3, 0.4) is 0 Å². The predicted octanol–water partition coefficient (Wildman–Crippen LogP) is 2.48. The fraction of sp³-hybridized carbons (Fsp3) is 0.261. The van der Waals surface area contributed by atoms with Gasteiger partial charge in [0.05, 0.1) is 22.4 Å². The van der Waals surface area contributed by atoms with Crippen molar-refractivity contribution in [2.45, 2.75) is 12.8 Å². The number of carbonyl (C=O) groups is 1. The molecule has 8 heteroatoms. The molecule has 0 radical (unpaired) electrons. The van der Waals surface area contributed by atoms with E-state index in [1.165, 1.54) is 12.8 Å². The Kier molecular flexibility index (Phi) is 4.91. The Bertz CT molecular complexity index is 1330. The van der Waals surface area contributed by atoms with Gasteiger partial charge in [-0.15, -0.1) is 0 Å². The lowest BCUT2D eigenvalue weighted by molar-refractivity contribution is 0.0950. The third-order valence-corrected chi connectivity index (χ3v) is 5.85. The number of aromatic amines is 2. The first-order valence-corrected chi connectivity index (χ1v) is 10.5. The van der Waals surface area contributed by atoms with Gasteiger partial charge in [0.1, 0.15) is 0 Å². The van der Waals surface area contributed by atoms with E-state index < -0.39 is 0 Å². The van der Waals surface area contributed by atoms with E-state index in [1.807, 2.05) is 18.2 Å². The third kappa shape index (κ3) is 3.66. The first-order valence-electron chi connectivity index (χ1n) is 10.5. The molecule has 158 valence electrons. The number of rotatable bonds is 5. The van der Waals surface area contributed by atoms with Gasteiger partial charge < -0.3 is 25.9 Å². The van der Waals surface area contributed by atoms with Crippen LogP contribution in [0.2, 0.25) is 0 Å². The van der Waals surface area contributed by atoms with Crippen LogP contribution < -0.4 is 16.6 Å². The van der Waals surface area contributed by atoms with E-state index in [9.17, 15) is 9.59 Å². The standard InChI is InChI=1S/C23H24N6O2/c24-19-15-13-14(22(30)25-9-12-29-10-3-4-11-29)7-8-16(15)26-20(19)21-23(31)28-18-6-2-1-5-17(18)27-21/h1-2,5-8,13,26H,3-4,9-12,24H2,(H,25,30)(H,28,31). The number of likely N-dealkylation sites (tertiary alicyclic amines) is 1. The highest BCUT2D eigenvalue weighted by atomic mass is 16.1. The summed E-state index contributed by atoms with van der Waals surface area (Å²) in [7, 11) is 0. The number of carbonyl (C=O) groups excluding carboxylic acids is 1. The van der Waals surface area contributed by atoms with Crippen LogP contribution in [-0.4, -0.2) is 51.9 Å². The minimum absolute atomic E-state index is 0.134. The van der Waals surface area contributed by atoms with Crippen LogP contribution in [0.5, 0.6) is 0 Å². The molecule has 1 aliphatic rings. The second-order valence-corrected chi connectivity index (χ2v) is 7.91. The fourth-order valence-electron chi connectivity index (χ4n) is 4.18. The van der Waals surface area contributed by atoms with Gasteiger partial charge in [-0.05, 0) is 56.3 Å². The van der Waals surface area contributed by atoms with Gasteiger partial charge in [-0.3, -0.25) is 9.59 Å². The number of anilines is 1. The topological polar surface area (TPSA) is 120 Å². The van der Waals surface area contributed by atoms with Crippen molar-refractivity contribution < 1.29 is 4.79 Å². The van der Waals surface area contributed by atoms with Gasteiger partial charge in [0, 0.05) is 29.6 Å². The summed E-state index contributed by atoms with van der Waals surface area (Å²) in [6.45, 7) is 3.68. The maximum Gasteiger partial charge on any atom is 0.276 e. The normalized spacial score (nSPS) is 14.5. The molecule has 1 saturated heterocycles. The molecule has 8 nitrogen and oxygen atoms in total. The van der Waals surface area contributed by atoms with Gasteiger partial charge >= 0.3 is 0 Å². The Balaban J connectivity index is 1.43. The molecule has 2 aromatic heterocycles. The van der Waals surface area contributed by atoms with E-state index >= 15 is 0 Å². The summed E-state index contributed by atoms with van der Waals surface area (Å²) in [6, 6.07) is 12.7. The molecule has 4 aromatic rings. The second kappa shape index (κ2) is 7.88. The van der Waals surface area contributed by atoms with Crippen LogP contribution in [0.25, 0.3) is 33.3 Å². The van der Waals surface area contributed by atoms with Crippen LogP contribution in [-0.2, 0) is 0 Å². The maximum absolute atomic E-state index is 12.6. The van der Waals surface area contributed by atoms with E-state index in [0.717, 1.165) is 25.2 Å². The second-order valence-electron chi connectivity index (χ2n) is 7.91. The number of aromatic nitrogens is 3. The highest BCUT2D eigenvalue weighted by Gasteiger charge is 2.17. The van der Waals surface area contributed by atoms with Gasteiger partial charge in [0.2, 0.25) is 0 Å². The van der Waals surface area contributed by atoms with E-state index in [2.05, 4.69) is 25.2 Å². The minimum Gasteiger partial charge on any atom is -0.396 e. The quantitative estimate of drug-likeness (QED) is 0.398. The predicted molar refractivity (Wildman–Crippen MR) is 122 cm³/mol. The lowest BCUT2D eigenvalue weighted by Crippen LogP contribution is -2.33. The summed E-state index contributed by atoms with van der Waals surface area (Å²) in [4.78, 5) is 38.1. The van der Waals surface area contributed by atoms with Crippen LogP contribution in [0, 0.1) is 0 Å². The van der Waals surface area contributed by atoms with Crippen molar-refractivity contribution in [3.05, 3.63) is 58.4 Å². The molecule has 0 spiro atoms. The molecule has 5 rings (SSSR count). The molecule has 31 heavy (non-hydrogen) atoms. The first kappa shape index (κ1) is 19.3. The highest BCUT2D eigenvalue weighted by Crippen LogP contribution is 2.31. The van der Waals surface area contributed by atoms with Crippen molar-refractivity contribution in [1.82, 2.24) is 25.2 Å². The summed E-state index contributed by atoms with van der Waals surface area (Å²) in [6.07, 6.45) is 2.46. The van der Waals surface area contributed by atoms with Crippen LogP contribution in [0.15, 0.2) is 47.3 Å². The molecule has 0 aliphatic carbocycles. The van der Waals surface area contributed by atoms with Crippen LogP contribution >= 0.6 is 0 Å². The molecule has 1 aliphatic heterocycles. The van der Waals surface area contributed by atoms with Crippen molar-refractivity contribution in [3.63, 3.8) is 0 Å². The van der Waals surface area contributed by atoms with Crippen molar-refractivity contribution >= 4 is 33.5 Å².